The van der Waals surface area contributed by atoms with Gasteiger partial charge in [0.25, 0.3) is 0 Å². The molecular formula is C8H15N3O3S. The van der Waals surface area contributed by atoms with Crippen LogP contribution in [0.2, 0.25) is 0 Å². The molecule has 1 unspecified atom stereocenters. The highest BCUT2D eigenvalue weighted by atomic mass is 32.2. The zero-order chi connectivity index (χ0) is 11.9. The first-order valence-corrected chi connectivity index (χ1v) is 6.29. The molecule has 1 rings (SSSR count). The molecule has 1 aromatic heterocycles. The van der Waals surface area contributed by atoms with E-state index in [2.05, 4.69) is 10.3 Å². The highest BCUT2D eigenvalue weighted by molar-refractivity contribution is 7.92. The van der Waals surface area contributed by atoms with Crippen molar-refractivity contribution in [1.82, 2.24) is 15.0 Å². The molecule has 0 saturated heterocycles. The summed E-state index contributed by atoms with van der Waals surface area (Å²) in [6.45, 7) is 2.94. The summed E-state index contributed by atoms with van der Waals surface area (Å²) in [5.41, 5.74) is 0.380. The van der Waals surface area contributed by atoms with E-state index in [0.717, 1.165) is 6.26 Å². The molecule has 0 amide bonds. The number of aromatic nitrogens is 3. The van der Waals surface area contributed by atoms with Crippen LogP contribution in [0.5, 0.6) is 0 Å². The maximum absolute atomic E-state index is 11.5. The molecule has 0 bridgehead atoms. The van der Waals surface area contributed by atoms with Gasteiger partial charge in [0.05, 0.1) is 16.6 Å². The largest absolute Gasteiger partial charge is 0.385 e. The minimum absolute atomic E-state index is 0.380. The van der Waals surface area contributed by atoms with E-state index in [-0.39, 0.29) is 0 Å². The third kappa shape index (κ3) is 2.03. The lowest BCUT2D eigenvalue weighted by atomic mass is 10.0. The van der Waals surface area contributed by atoms with E-state index < -0.39 is 20.7 Å². The Labute approximate surface area is 88.8 Å². The fourth-order valence-corrected chi connectivity index (χ4v) is 1.63. The fourth-order valence-electron chi connectivity index (χ4n) is 1.10. The molecule has 0 aliphatic carbocycles. The topological polar surface area (TPSA) is 85.1 Å². The Bertz CT molecular complexity index is 449. The second-order valence-electron chi connectivity index (χ2n) is 4.06. The number of hydrogen-bond acceptors (Lipinski definition) is 5. The zero-order valence-electron chi connectivity index (χ0n) is 9.17. The monoisotopic (exact) mass is 233 g/mol. The van der Waals surface area contributed by atoms with Gasteiger partial charge in [0.2, 0.25) is 0 Å². The lowest BCUT2D eigenvalue weighted by Crippen LogP contribution is -2.38. The first kappa shape index (κ1) is 12.1. The highest BCUT2D eigenvalue weighted by Crippen LogP contribution is 2.31. The average Bonchev–Trinajstić information content (AvgIpc) is 2.48. The van der Waals surface area contributed by atoms with Crippen molar-refractivity contribution >= 4 is 9.84 Å². The van der Waals surface area contributed by atoms with Crippen LogP contribution in [0.1, 0.15) is 25.6 Å². The number of aliphatic hydroxyl groups excluding tert-OH is 1. The summed E-state index contributed by atoms with van der Waals surface area (Å²) >= 11 is 0. The Kier molecular flexibility index (Phi) is 2.88. The predicted octanol–water partition coefficient (Wildman–Crippen LogP) is -0.328. The summed E-state index contributed by atoms with van der Waals surface area (Å²) < 4.78 is 23.1. The highest BCUT2D eigenvalue weighted by Gasteiger charge is 2.40. The molecule has 0 aliphatic heterocycles. The van der Waals surface area contributed by atoms with E-state index in [9.17, 15) is 13.5 Å². The van der Waals surface area contributed by atoms with Crippen LogP contribution in [0.4, 0.5) is 0 Å². The fraction of sp³-hybridized carbons (Fsp3) is 0.750. The summed E-state index contributed by atoms with van der Waals surface area (Å²) in [5, 5.41) is 17.2. The molecule has 0 spiro atoms. The summed E-state index contributed by atoms with van der Waals surface area (Å²) in [5.74, 6) is 0. The summed E-state index contributed by atoms with van der Waals surface area (Å²) in [6.07, 6.45) is 1.31. The van der Waals surface area contributed by atoms with Crippen LogP contribution < -0.4 is 0 Å². The normalized spacial score (nSPS) is 15.3. The third-order valence-electron chi connectivity index (χ3n) is 2.64. The minimum Gasteiger partial charge on any atom is -0.385 e. The number of hydrogen-bond donors (Lipinski definition) is 1. The van der Waals surface area contributed by atoms with Gasteiger partial charge in [0.1, 0.15) is 6.10 Å². The van der Waals surface area contributed by atoms with Gasteiger partial charge in [-0.2, -0.15) is 0 Å². The average molecular weight is 233 g/mol. The van der Waals surface area contributed by atoms with Gasteiger partial charge in [-0.1, -0.05) is 5.21 Å². The second kappa shape index (κ2) is 3.57. The molecular weight excluding hydrogens is 218 g/mol. The minimum atomic E-state index is -3.36. The first-order valence-electron chi connectivity index (χ1n) is 4.40. The molecule has 1 heterocycles. The van der Waals surface area contributed by atoms with Gasteiger partial charge in [-0.05, 0) is 13.8 Å². The Hall–Kier alpha value is -0.950. The van der Waals surface area contributed by atoms with Crippen molar-refractivity contribution in [2.24, 2.45) is 7.05 Å². The summed E-state index contributed by atoms with van der Waals surface area (Å²) in [4.78, 5) is 0. The lowest BCUT2D eigenvalue weighted by Gasteiger charge is -2.28. The van der Waals surface area contributed by atoms with Crippen LogP contribution in [-0.2, 0) is 16.9 Å². The van der Waals surface area contributed by atoms with Gasteiger partial charge in [-0.25, -0.2) is 13.1 Å². The molecule has 0 saturated carbocycles. The molecule has 15 heavy (non-hydrogen) atoms. The maximum atomic E-state index is 11.5. The Morgan fingerprint density at radius 3 is 2.40 bits per heavy atom. The first-order chi connectivity index (χ1) is 6.68. The molecule has 6 nitrogen and oxygen atoms in total. The predicted molar refractivity (Wildman–Crippen MR) is 54.9 cm³/mol. The second-order valence-corrected chi connectivity index (χ2v) is 6.66. The van der Waals surface area contributed by atoms with Crippen molar-refractivity contribution in [2.45, 2.75) is 24.7 Å². The Morgan fingerprint density at radius 2 is 2.07 bits per heavy atom. The molecule has 0 aromatic carbocycles. The van der Waals surface area contributed by atoms with Gasteiger partial charge in [0.15, 0.2) is 9.84 Å². The molecule has 0 radical (unpaired) electrons. The van der Waals surface area contributed by atoms with Crippen molar-refractivity contribution in [2.75, 3.05) is 6.26 Å². The van der Waals surface area contributed by atoms with Gasteiger partial charge in [-0.3, -0.25) is 0 Å². The molecule has 1 atom stereocenters. The van der Waals surface area contributed by atoms with E-state index in [4.69, 9.17) is 0 Å². The Balaban J connectivity index is 3.16. The van der Waals surface area contributed by atoms with Crippen molar-refractivity contribution in [1.29, 1.82) is 0 Å². The number of aryl methyl sites for hydroxylation is 1. The third-order valence-corrected chi connectivity index (χ3v) is 4.78. The van der Waals surface area contributed by atoms with Crippen molar-refractivity contribution in [3.63, 3.8) is 0 Å². The number of nitrogens with zero attached hydrogens (tertiary/aromatic N) is 3. The van der Waals surface area contributed by atoms with Gasteiger partial charge in [0, 0.05) is 13.3 Å². The van der Waals surface area contributed by atoms with E-state index >= 15 is 0 Å². The van der Waals surface area contributed by atoms with Gasteiger partial charge < -0.3 is 5.11 Å². The van der Waals surface area contributed by atoms with Crippen LogP contribution >= 0.6 is 0 Å². The van der Waals surface area contributed by atoms with Crippen LogP contribution in [0.25, 0.3) is 0 Å². The smallest absolute Gasteiger partial charge is 0.155 e. The molecule has 7 heteroatoms. The van der Waals surface area contributed by atoms with E-state index in [1.807, 2.05) is 0 Å². The van der Waals surface area contributed by atoms with Crippen LogP contribution in [0.15, 0.2) is 6.20 Å². The van der Waals surface area contributed by atoms with Crippen LogP contribution in [-0.4, -0.2) is 39.5 Å². The van der Waals surface area contributed by atoms with E-state index in [1.165, 1.54) is 24.7 Å². The molecule has 1 N–H and O–H groups in total. The van der Waals surface area contributed by atoms with E-state index in [1.54, 1.807) is 7.05 Å². The lowest BCUT2D eigenvalue weighted by molar-refractivity contribution is 0.130. The van der Waals surface area contributed by atoms with Crippen molar-refractivity contribution < 1.29 is 13.5 Å². The maximum Gasteiger partial charge on any atom is 0.155 e. The molecule has 86 valence electrons. The van der Waals surface area contributed by atoms with Gasteiger partial charge in [-0.15, -0.1) is 5.10 Å². The quantitative estimate of drug-likeness (QED) is 0.772. The molecule has 0 fully saturated rings. The van der Waals surface area contributed by atoms with Crippen LogP contribution in [0.3, 0.4) is 0 Å². The molecule has 0 aliphatic rings. The number of rotatable bonds is 3. The summed E-state index contributed by atoms with van der Waals surface area (Å²) in [7, 11) is -1.76. The van der Waals surface area contributed by atoms with E-state index in [0.29, 0.717) is 5.69 Å². The summed E-state index contributed by atoms with van der Waals surface area (Å²) in [6, 6.07) is 0. The van der Waals surface area contributed by atoms with Gasteiger partial charge >= 0.3 is 0 Å². The van der Waals surface area contributed by atoms with Crippen LogP contribution in [0, 0.1) is 0 Å². The standard InChI is InChI=1S/C8H15N3O3S/c1-8(2,15(4,13)14)7(12)6-5-9-10-11(6)3/h5,7,12H,1-4H3. The zero-order valence-corrected chi connectivity index (χ0v) is 9.98. The van der Waals surface area contributed by atoms with Crippen molar-refractivity contribution in [3.05, 3.63) is 11.9 Å². The Morgan fingerprint density at radius 1 is 1.53 bits per heavy atom. The number of aliphatic hydroxyl groups is 1. The van der Waals surface area contributed by atoms with Crippen molar-refractivity contribution in [3.8, 4) is 0 Å². The SMILES string of the molecule is Cn1nncc1C(O)C(C)(C)S(C)(=O)=O. The number of sulfone groups is 1. The molecule has 1 aromatic rings.